The van der Waals surface area contributed by atoms with Gasteiger partial charge in [0.2, 0.25) is 0 Å². The zero-order valence-electron chi connectivity index (χ0n) is 10.9. The average Bonchev–Trinajstić information content (AvgIpc) is 2.32. The molecule has 0 spiro atoms. The third-order valence-electron chi connectivity index (χ3n) is 3.13. The first kappa shape index (κ1) is 14.3. The minimum absolute atomic E-state index is 0.453. The summed E-state index contributed by atoms with van der Waals surface area (Å²) < 4.78 is 5.43. The van der Waals surface area contributed by atoms with Gasteiger partial charge in [-0.1, -0.05) is 24.9 Å². The monoisotopic (exact) mass is 255 g/mol. The first-order valence-corrected chi connectivity index (χ1v) is 6.52. The van der Waals surface area contributed by atoms with Crippen molar-refractivity contribution in [2.24, 2.45) is 5.73 Å². The molecule has 0 fully saturated rings. The van der Waals surface area contributed by atoms with E-state index in [9.17, 15) is 0 Å². The maximum Gasteiger partial charge on any atom is 0.122 e. The highest BCUT2D eigenvalue weighted by Crippen LogP contribution is 2.34. The molecule has 2 N–H and O–H groups in total. The number of halogens is 1. The van der Waals surface area contributed by atoms with E-state index >= 15 is 0 Å². The summed E-state index contributed by atoms with van der Waals surface area (Å²) in [5.74, 6) is 1.39. The number of hydrogen-bond acceptors (Lipinski definition) is 2. The minimum atomic E-state index is 0.453. The molecule has 96 valence electrons. The van der Waals surface area contributed by atoms with Gasteiger partial charge >= 0.3 is 0 Å². The van der Waals surface area contributed by atoms with Crippen molar-refractivity contribution in [2.75, 3.05) is 13.7 Å². The predicted octanol–water partition coefficient (Wildman–Crippen LogP) is 3.89. The molecule has 0 bridgehead atoms. The third-order valence-corrected chi connectivity index (χ3v) is 3.54. The van der Waals surface area contributed by atoms with Gasteiger partial charge in [-0.05, 0) is 55.5 Å². The van der Waals surface area contributed by atoms with Gasteiger partial charge in [0, 0.05) is 5.02 Å². The minimum Gasteiger partial charge on any atom is -0.496 e. The summed E-state index contributed by atoms with van der Waals surface area (Å²) in [6.45, 7) is 4.96. The van der Waals surface area contributed by atoms with E-state index in [-0.39, 0.29) is 0 Å². The van der Waals surface area contributed by atoms with E-state index in [1.54, 1.807) is 7.11 Å². The number of rotatable bonds is 6. The zero-order chi connectivity index (χ0) is 12.8. The van der Waals surface area contributed by atoms with E-state index in [4.69, 9.17) is 22.1 Å². The van der Waals surface area contributed by atoms with E-state index in [1.807, 2.05) is 19.1 Å². The molecule has 3 heteroatoms. The van der Waals surface area contributed by atoms with Crippen LogP contribution >= 0.6 is 11.6 Å². The molecule has 0 saturated carbocycles. The molecule has 0 radical (unpaired) electrons. The van der Waals surface area contributed by atoms with Crippen LogP contribution in [0.3, 0.4) is 0 Å². The molecule has 0 heterocycles. The fourth-order valence-corrected chi connectivity index (χ4v) is 2.15. The SMILES string of the molecule is COc1cc(C)c(Cl)cc1C(C)CCCCN. The van der Waals surface area contributed by atoms with E-state index in [2.05, 4.69) is 6.92 Å². The fourth-order valence-electron chi connectivity index (χ4n) is 1.98. The van der Waals surface area contributed by atoms with Crippen LogP contribution in [0.5, 0.6) is 5.75 Å². The van der Waals surface area contributed by atoms with Crippen LogP contribution in [0.1, 0.15) is 43.2 Å². The van der Waals surface area contributed by atoms with Gasteiger partial charge in [-0.3, -0.25) is 0 Å². The molecule has 17 heavy (non-hydrogen) atoms. The molecule has 0 amide bonds. The Labute approximate surface area is 109 Å². The fraction of sp³-hybridized carbons (Fsp3) is 0.571. The molecule has 1 aromatic carbocycles. The van der Waals surface area contributed by atoms with Crippen molar-refractivity contribution in [3.05, 3.63) is 28.3 Å². The Bertz CT molecular complexity index is 365. The molecule has 0 aliphatic carbocycles. The molecule has 1 unspecified atom stereocenters. The Hall–Kier alpha value is -0.730. The Morgan fingerprint density at radius 2 is 2.06 bits per heavy atom. The standard InChI is InChI=1S/C14H22ClNO/c1-10(6-4-5-7-16)12-9-13(15)11(2)8-14(12)17-3/h8-10H,4-7,16H2,1-3H3. The summed E-state index contributed by atoms with van der Waals surface area (Å²) in [6, 6.07) is 4.04. The molecule has 2 nitrogen and oxygen atoms in total. The number of ether oxygens (including phenoxy) is 1. The number of benzene rings is 1. The van der Waals surface area contributed by atoms with E-state index < -0.39 is 0 Å². The van der Waals surface area contributed by atoms with Crippen molar-refractivity contribution in [3.8, 4) is 5.75 Å². The Kier molecular flexibility index (Phi) is 5.79. The molecular formula is C14H22ClNO. The lowest BCUT2D eigenvalue weighted by molar-refractivity contribution is 0.404. The second kappa shape index (κ2) is 6.87. The molecule has 0 saturated heterocycles. The molecule has 0 aliphatic heterocycles. The lowest BCUT2D eigenvalue weighted by Crippen LogP contribution is -2.02. The summed E-state index contributed by atoms with van der Waals surface area (Å²) in [7, 11) is 1.71. The number of nitrogens with two attached hydrogens (primary N) is 1. The molecule has 0 aromatic heterocycles. The van der Waals surface area contributed by atoms with Gasteiger partial charge in [-0.25, -0.2) is 0 Å². The van der Waals surface area contributed by atoms with Crippen LogP contribution in [0.15, 0.2) is 12.1 Å². The topological polar surface area (TPSA) is 35.2 Å². The van der Waals surface area contributed by atoms with Crippen LogP contribution in [-0.2, 0) is 0 Å². The molecule has 1 aromatic rings. The van der Waals surface area contributed by atoms with Gasteiger partial charge in [0.05, 0.1) is 7.11 Å². The molecule has 1 atom stereocenters. The second-order valence-electron chi connectivity index (χ2n) is 4.53. The lowest BCUT2D eigenvalue weighted by Gasteiger charge is -2.17. The number of unbranched alkanes of at least 4 members (excludes halogenated alkanes) is 1. The van der Waals surface area contributed by atoms with Crippen molar-refractivity contribution in [1.82, 2.24) is 0 Å². The Balaban J connectivity index is 2.84. The third kappa shape index (κ3) is 3.90. The van der Waals surface area contributed by atoms with Gasteiger partial charge < -0.3 is 10.5 Å². The number of methoxy groups -OCH3 is 1. The first-order valence-electron chi connectivity index (χ1n) is 6.14. The van der Waals surface area contributed by atoms with Gasteiger partial charge in [0.25, 0.3) is 0 Å². The largest absolute Gasteiger partial charge is 0.496 e. The van der Waals surface area contributed by atoms with E-state index in [0.29, 0.717) is 5.92 Å². The smallest absolute Gasteiger partial charge is 0.122 e. The zero-order valence-corrected chi connectivity index (χ0v) is 11.7. The second-order valence-corrected chi connectivity index (χ2v) is 4.94. The number of hydrogen-bond donors (Lipinski definition) is 1. The maximum atomic E-state index is 6.17. The summed E-state index contributed by atoms with van der Waals surface area (Å²) in [4.78, 5) is 0. The summed E-state index contributed by atoms with van der Waals surface area (Å²) in [6.07, 6.45) is 3.34. The van der Waals surface area contributed by atoms with Gasteiger partial charge in [0.1, 0.15) is 5.75 Å². The number of aryl methyl sites for hydroxylation is 1. The van der Waals surface area contributed by atoms with Crippen molar-refractivity contribution in [2.45, 2.75) is 39.0 Å². The van der Waals surface area contributed by atoms with Gasteiger partial charge in [0.15, 0.2) is 0 Å². The molecule has 0 aliphatic rings. The molecular weight excluding hydrogens is 234 g/mol. The van der Waals surface area contributed by atoms with Gasteiger partial charge in [-0.2, -0.15) is 0 Å². The van der Waals surface area contributed by atoms with Gasteiger partial charge in [-0.15, -0.1) is 0 Å². The summed E-state index contributed by atoms with van der Waals surface area (Å²) >= 11 is 6.17. The Morgan fingerprint density at radius 1 is 1.35 bits per heavy atom. The maximum absolute atomic E-state index is 6.17. The highest BCUT2D eigenvalue weighted by molar-refractivity contribution is 6.31. The van der Waals surface area contributed by atoms with Crippen molar-refractivity contribution in [3.63, 3.8) is 0 Å². The van der Waals surface area contributed by atoms with Crippen LogP contribution in [0.4, 0.5) is 0 Å². The lowest BCUT2D eigenvalue weighted by atomic mass is 9.93. The highest BCUT2D eigenvalue weighted by Gasteiger charge is 2.13. The predicted molar refractivity (Wildman–Crippen MR) is 74.1 cm³/mol. The van der Waals surface area contributed by atoms with Crippen molar-refractivity contribution < 1.29 is 4.74 Å². The average molecular weight is 256 g/mol. The van der Waals surface area contributed by atoms with Crippen LogP contribution in [0.25, 0.3) is 0 Å². The van der Waals surface area contributed by atoms with Crippen LogP contribution in [0, 0.1) is 6.92 Å². The van der Waals surface area contributed by atoms with Crippen LogP contribution in [0.2, 0.25) is 5.02 Å². The summed E-state index contributed by atoms with van der Waals surface area (Å²) in [5, 5.41) is 0.812. The van der Waals surface area contributed by atoms with Crippen LogP contribution < -0.4 is 10.5 Å². The Morgan fingerprint density at radius 3 is 2.65 bits per heavy atom. The molecule has 1 rings (SSSR count). The van der Waals surface area contributed by atoms with Crippen molar-refractivity contribution in [1.29, 1.82) is 0 Å². The highest BCUT2D eigenvalue weighted by atomic mass is 35.5. The van der Waals surface area contributed by atoms with E-state index in [0.717, 1.165) is 42.1 Å². The van der Waals surface area contributed by atoms with Crippen molar-refractivity contribution >= 4 is 11.6 Å². The van der Waals surface area contributed by atoms with E-state index in [1.165, 1.54) is 5.56 Å². The quantitative estimate of drug-likeness (QED) is 0.783. The summed E-state index contributed by atoms with van der Waals surface area (Å²) in [5.41, 5.74) is 7.76. The first-order chi connectivity index (χ1) is 8.10. The normalized spacial score (nSPS) is 12.5. The van der Waals surface area contributed by atoms with Crippen LogP contribution in [-0.4, -0.2) is 13.7 Å².